The summed E-state index contributed by atoms with van der Waals surface area (Å²) in [5.74, 6) is 0.313. The highest BCUT2D eigenvalue weighted by Gasteiger charge is 2.30. The van der Waals surface area contributed by atoms with E-state index in [-0.39, 0.29) is 36.9 Å². The van der Waals surface area contributed by atoms with E-state index in [1.54, 1.807) is 22.4 Å². The van der Waals surface area contributed by atoms with E-state index >= 15 is 0 Å². The molecule has 1 aliphatic heterocycles. The van der Waals surface area contributed by atoms with Crippen LogP contribution in [0.5, 0.6) is 0 Å². The zero-order valence-corrected chi connectivity index (χ0v) is 26.1. The average molecular weight is 614 g/mol. The molecule has 1 aliphatic carbocycles. The second-order valence-electron chi connectivity index (χ2n) is 12.0. The maximum atomic E-state index is 14.2. The Morgan fingerprint density at radius 3 is 2.66 bits per heavy atom. The predicted molar refractivity (Wildman–Crippen MR) is 172 cm³/mol. The summed E-state index contributed by atoms with van der Waals surface area (Å²) in [4.78, 5) is 56.8. The summed E-state index contributed by atoms with van der Waals surface area (Å²) in [6.07, 6.45) is 7.59. The molecule has 10 nitrogen and oxygen atoms in total. The van der Waals surface area contributed by atoms with Gasteiger partial charge in [0.05, 0.1) is 28.2 Å². The van der Waals surface area contributed by atoms with E-state index in [4.69, 9.17) is 4.98 Å². The molecular formula is C33H39N7O3S. The van der Waals surface area contributed by atoms with Gasteiger partial charge < -0.3 is 15.2 Å². The van der Waals surface area contributed by atoms with Crippen molar-refractivity contribution in [2.24, 2.45) is 5.92 Å². The summed E-state index contributed by atoms with van der Waals surface area (Å²) in [6, 6.07) is 11.9. The van der Waals surface area contributed by atoms with Crippen LogP contribution < -0.4 is 10.6 Å². The predicted octanol–water partition coefficient (Wildman–Crippen LogP) is 4.98. The monoisotopic (exact) mass is 613 g/mol. The van der Waals surface area contributed by atoms with E-state index in [2.05, 4.69) is 32.4 Å². The van der Waals surface area contributed by atoms with Crippen LogP contribution >= 0.6 is 11.3 Å². The zero-order valence-electron chi connectivity index (χ0n) is 25.3. The maximum absolute atomic E-state index is 14.2. The smallest absolute Gasteiger partial charge is 0.252 e. The van der Waals surface area contributed by atoms with E-state index in [1.807, 2.05) is 48.7 Å². The van der Waals surface area contributed by atoms with Gasteiger partial charge >= 0.3 is 0 Å². The summed E-state index contributed by atoms with van der Waals surface area (Å²) >= 11 is 1.59. The number of thiophene rings is 1. The fourth-order valence-corrected chi connectivity index (χ4v) is 7.16. The van der Waals surface area contributed by atoms with Crippen molar-refractivity contribution in [3.63, 3.8) is 0 Å². The minimum Gasteiger partial charge on any atom is -0.349 e. The number of carbonyl (C=O) groups is 3. The lowest BCUT2D eigenvalue weighted by atomic mass is 9.84. The van der Waals surface area contributed by atoms with Crippen LogP contribution in [-0.4, -0.2) is 74.7 Å². The van der Waals surface area contributed by atoms with E-state index in [0.29, 0.717) is 37.1 Å². The number of hydrogen-bond acceptors (Lipinski definition) is 7. The summed E-state index contributed by atoms with van der Waals surface area (Å²) in [5, 5.41) is 8.90. The standard InChI is InChI=1S/C33H39N7O3S/c1-21-17-34-33(35-21)38-28(41)19-40-15-14-39(20-29(40)42)18-25-30(32(43)36-22(2)23-9-4-3-5-10-23)24-11-6-7-12-26(24)37-31(25)27-13-8-16-44-27/h6-8,11-13,16-17,22-23H,3-5,9-10,14-15,18-20H2,1-2H3,(H,36,43)(H2,34,35,38,41). The number of H-pyrrole nitrogens is 1. The second kappa shape index (κ2) is 13.3. The van der Waals surface area contributed by atoms with Crippen molar-refractivity contribution >= 4 is 45.9 Å². The van der Waals surface area contributed by atoms with Crippen molar-refractivity contribution in [2.75, 3.05) is 31.5 Å². The lowest BCUT2D eigenvalue weighted by molar-refractivity contribution is -0.139. The third-order valence-corrected chi connectivity index (χ3v) is 9.64. The van der Waals surface area contributed by atoms with Gasteiger partial charge in [0, 0.05) is 48.5 Å². The number of hydrogen-bond donors (Lipinski definition) is 3. The third kappa shape index (κ3) is 6.68. The maximum Gasteiger partial charge on any atom is 0.252 e. The largest absolute Gasteiger partial charge is 0.349 e. The molecule has 0 radical (unpaired) electrons. The number of fused-ring (bicyclic) bond motifs is 1. The highest BCUT2D eigenvalue weighted by molar-refractivity contribution is 7.13. The van der Waals surface area contributed by atoms with Crippen LogP contribution in [0.15, 0.2) is 48.0 Å². The van der Waals surface area contributed by atoms with E-state index < -0.39 is 0 Å². The number of benzene rings is 1. The third-order valence-electron chi connectivity index (χ3n) is 8.77. The molecule has 44 heavy (non-hydrogen) atoms. The van der Waals surface area contributed by atoms with E-state index in [9.17, 15) is 14.4 Å². The van der Waals surface area contributed by atoms with Crippen LogP contribution in [0, 0.1) is 12.8 Å². The summed E-state index contributed by atoms with van der Waals surface area (Å²) in [6.45, 7) is 5.43. The molecule has 2 aliphatic rings. The molecule has 3 N–H and O–H groups in total. The molecule has 3 amide bonds. The first-order chi connectivity index (χ1) is 21.4. The summed E-state index contributed by atoms with van der Waals surface area (Å²) in [5.41, 5.74) is 3.84. The molecule has 4 heterocycles. The fourth-order valence-electron chi connectivity index (χ4n) is 6.42. The number of imidazole rings is 1. The molecule has 4 aromatic rings. The number of para-hydroxylation sites is 1. The number of pyridine rings is 1. The van der Waals surface area contributed by atoms with Crippen LogP contribution in [0.1, 0.15) is 60.6 Å². The zero-order chi connectivity index (χ0) is 30.6. The SMILES string of the molecule is Cc1cnc(NC(=O)CN2CCN(Cc3c(-c4cccs4)nc4ccccc4c3C(=O)NC(C)C3CCCCC3)CC2=O)[nH]1. The molecule has 0 spiro atoms. The average Bonchev–Trinajstić information content (AvgIpc) is 3.70. The quantitative estimate of drug-likeness (QED) is 0.245. The van der Waals surface area contributed by atoms with Gasteiger partial charge in [-0.2, -0.15) is 0 Å². The second-order valence-corrected chi connectivity index (χ2v) is 12.9. The van der Waals surface area contributed by atoms with Gasteiger partial charge in [-0.15, -0.1) is 11.3 Å². The Morgan fingerprint density at radius 1 is 1.11 bits per heavy atom. The van der Waals surface area contributed by atoms with Crippen LogP contribution in [0.25, 0.3) is 21.5 Å². The number of piperazine rings is 1. The Labute approximate surface area is 261 Å². The topological polar surface area (TPSA) is 123 Å². The number of amides is 3. The molecule has 1 aromatic carbocycles. The summed E-state index contributed by atoms with van der Waals surface area (Å²) in [7, 11) is 0. The molecule has 230 valence electrons. The van der Waals surface area contributed by atoms with Crippen LogP contribution in [0.3, 0.4) is 0 Å². The Kier molecular flexibility index (Phi) is 9.04. The number of aromatic nitrogens is 3. The number of aryl methyl sites for hydroxylation is 1. The van der Waals surface area contributed by atoms with Crippen molar-refractivity contribution in [3.8, 4) is 10.6 Å². The Balaban J connectivity index is 1.25. The molecule has 0 bridgehead atoms. The molecule has 1 unspecified atom stereocenters. The highest BCUT2D eigenvalue weighted by atomic mass is 32.1. The van der Waals surface area contributed by atoms with Crippen LogP contribution in [0.2, 0.25) is 0 Å². The van der Waals surface area contributed by atoms with Crippen molar-refractivity contribution in [1.29, 1.82) is 0 Å². The number of nitrogens with one attached hydrogen (secondary N) is 3. The van der Waals surface area contributed by atoms with Gasteiger partial charge in [0.25, 0.3) is 5.91 Å². The first-order valence-corrected chi connectivity index (χ1v) is 16.3. The Morgan fingerprint density at radius 2 is 1.93 bits per heavy atom. The first kappa shape index (κ1) is 30.0. The first-order valence-electron chi connectivity index (χ1n) is 15.4. The van der Waals surface area contributed by atoms with Crippen LogP contribution in [-0.2, 0) is 16.1 Å². The van der Waals surface area contributed by atoms with Crippen LogP contribution in [0.4, 0.5) is 5.95 Å². The summed E-state index contributed by atoms with van der Waals surface area (Å²) < 4.78 is 0. The normalized spacial score (nSPS) is 17.1. The van der Waals surface area contributed by atoms with Crippen molar-refractivity contribution in [2.45, 2.75) is 58.5 Å². The van der Waals surface area contributed by atoms with Gasteiger partial charge in [-0.05, 0) is 50.1 Å². The highest BCUT2D eigenvalue weighted by Crippen LogP contribution is 2.34. The minimum atomic E-state index is -0.300. The van der Waals surface area contributed by atoms with Gasteiger partial charge in [0.2, 0.25) is 17.8 Å². The Bertz CT molecular complexity index is 1640. The lowest BCUT2D eigenvalue weighted by Crippen LogP contribution is -2.52. The molecule has 1 saturated carbocycles. The van der Waals surface area contributed by atoms with Gasteiger partial charge in [-0.25, -0.2) is 9.97 Å². The molecule has 11 heteroatoms. The Hall–Kier alpha value is -4.09. The molecule has 3 aromatic heterocycles. The molecular weight excluding hydrogens is 574 g/mol. The number of rotatable bonds is 9. The lowest BCUT2D eigenvalue weighted by Gasteiger charge is -2.34. The van der Waals surface area contributed by atoms with Crippen molar-refractivity contribution < 1.29 is 14.4 Å². The number of nitrogens with zero attached hydrogens (tertiary/aromatic N) is 4. The van der Waals surface area contributed by atoms with Gasteiger partial charge in [0.1, 0.15) is 6.54 Å². The number of carbonyl (C=O) groups excluding carboxylic acids is 3. The van der Waals surface area contributed by atoms with E-state index in [1.165, 1.54) is 19.3 Å². The fraction of sp³-hybridized carbons (Fsp3) is 0.424. The molecule has 1 atom stereocenters. The molecule has 6 rings (SSSR count). The minimum absolute atomic E-state index is 0.0445. The van der Waals surface area contributed by atoms with Gasteiger partial charge in [-0.3, -0.25) is 24.6 Å². The van der Waals surface area contributed by atoms with E-state index in [0.717, 1.165) is 45.6 Å². The van der Waals surface area contributed by atoms with Crippen molar-refractivity contribution in [3.05, 3.63) is 64.8 Å². The number of anilines is 1. The molecule has 1 saturated heterocycles. The van der Waals surface area contributed by atoms with Gasteiger partial charge in [-0.1, -0.05) is 43.5 Å². The number of aromatic amines is 1. The van der Waals surface area contributed by atoms with Gasteiger partial charge in [0.15, 0.2) is 0 Å². The van der Waals surface area contributed by atoms with Crippen molar-refractivity contribution in [1.82, 2.24) is 30.1 Å². The molecule has 2 fully saturated rings.